The van der Waals surface area contributed by atoms with Crippen LogP contribution in [0.25, 0.3) is 0 Å². The van der Waals surface area contributed by atoms with Gasteiger partial charge in [0.05, 0.1) is 10.7 Å². The van der Waals surface area contributed by atoms with Crippen molar-refractivity contribution in [3.8, 4) is 18.2 Å². The Balaban J connectivity index is 2.42. The van der Waals surface area contributed by atoms with Crippen molar-refractivity contribution < 1.29 is 24.2 Å². The number of phenols is 1. The van der Waals surface area contributed by atoms with Gasteiger partial charge in [-0.05, 0) is 52.3 Å². The van der Waals surface area contributed by atoms with Crippen LogP contribution in [0.1, 0.15) is 44.9 Å². The van der Waals surface area contributed by atoms with Gasteiger partial charge in [-0.1, -0.05) is 48.4 Å². The molecular formula is C25H28ClN3O5. The summed E-state index contributed by atoms with van der Waals surface area (Å²) in [5.74, 6) is -1.69. The fourth-order valence-corrected chi connectivity index (χ4v) is 3.39. The molecule has 2 unspecified atom stereocenters. The summed E-state index contributed by atoms with van der Waals surface area (Å²) in [5, 5.41) is 15.9. The summed E-state index contributed by atoms with van der Waals surface area (Å²) in [6.07, 6.45) is 4.83. The zero-order chi connectivity index (χ0) is 25.6. The minimum absolute atomic E-state index is 0.0977. The molecule has 0 bridgehead atoms. The predicted molar refractivity (Wildman–Crippen MR) is 130 cm³/mol. The van der Waals surface area contributed by atoms with Crippen LogP contribution in [-0.2, 0) is 14.3 Å². The number of ether oxygens (including phenoxy) is 1. The summed E-state index contributed by atoms with van der Waals surface area (Å²) in [6, 6.07) is 10.8. The van der Waals surface area contributed by atoms with Gasteiger partial charge in [-0.25, -0.2) is 4.79 Å². The summed E-state index contributed by atoms with van der Waals surface area (Å²) in [4.78, 5) is 39.6. The summed E-state index contributed by atoms with van der Waals surface area (Å²) >= 11 is 6.25. The summed E-state index contributed by atoms with van der Waals surface area (Å²) in [5.41, 5.74) is 0.360. The summed E-state index contributed by atoms with van der Waals surface area (Å²) in [7, 11) is 0. The number of nitrogens with zero attached hydrogens (tertiary/aromatic N) is 1. The predicted octanol–water partition coefficient (Wildman–Crippen LogP) is 4.37. The Hall–Kier alpha value is -3.70. The topological polar surface area (TPSA) is 108 Å². The lowest BCUT2D eigenvalue weighted by Gasteiger charge is -2.29. The third kappa shape index (κ3) is 6.65. The molecule has 2 aromatic rings. The lowest BCUT2D eigenvalue weighted by atomic mass is 10.0. The average Bonchev–Trinajstić information content (AvgIpc) is 2.73. The number of carbonyl (C=O) groups is 3. The molecule has 0 aliphatic carbocycles. The first-order valence-electron chi connectivity index (χ1n) is 10.5. The van der Waals surface area contributed by atoms with E-state index in [1.807, 2.05) is 0 Å². The first-order chi connectivity index (χ1) is 15.9. The SMILES string of the molecule is C#CN(C(=O)C(C)NC(=O)OC(C)(C)C)C(C(=O)Nc1c(C)cccc1Cl)c1ccccc1O. The number of para-hydroxylation sites is 2. The van der Waals surface area contributed by atoms with Crippen LogP contribution in [0.2, 0.25) is 5.02 Å². The van der Waals surface area contributed by atoms with E-state index in [1.54, 1.807) is 58.0 Å². The molecule has 0 spiro atoms. The molecule has 0 aromatic heterocycles. The highest BCUT2D eigenvalue weighted by atomic mass is 35.5. The van der Waals surface area contributed by atoms with E-state index in [1.165, 1.54) is 19.1 Å². The van der Waals surface area contributed by atoms with E-state index in [4.69, 9.17) is 22.8 Å². The number of aryl methyl sites for hydroxylation is 1. The number of hydrogen-bond acceptors (Lipinski definition) is 5. The highest BCUT2D eigenvalue weighted by molar-refractivity contribution is 6.34. The second kappa shape index (κ2) is 10.9. The van der Waals surface area contributed by atoms with E-state index in [2.05, 4.69) is 16.7 Å². The Kier molecular flexibility index (Phi) is 8.55. The maximum Gasteiger partial charge on any atom is 0.408 e. The van der Waals surface area contributed by atoms with Gasteiger partial charge in [-0.2, -0.15) is 0 Å². The minimum Gasteiger partial charge on any atom is -0.508 e. The van der Waals surface area contributed by atoms with Gasteiger partial charge in [0.25, 0.3) is 11.8 Å². The monoisotopic (exact) mass is 485 g/mol. The molecule has 8 nitrogen and oxygen atoms in total. The smallest absolute Gasteiger partial charge is 0.408 e. The third-order valence-corrected chi connectivity index (χ3v) is 5.00. The number of terminal acetylenes is 1. The van der Waals surface area contributed by atoms with Gasteiger partial charge in [0.15, 0.2) is 6.04 Å². The molecule has 0 fully saturated rings. The highest BCUT2D eigenvalue weighted by Gasteiger charge is 2.36. The Bertz CT molecular complexity index is 1100. The number of alkyl carbamates (subject to hydrolysis) is 1. The van der Waals surface area contributed by atoms with Crippen LogP contribution < -0.4 is 10.6 Å². The molecule has 2 rings (SSSR count). The molecule has 0 radical (unpaired) electrons. The van der Waals surface area contributed by atoms with E-state index in [0.29, 0.717) is 16.3 Å². The van der Waals surface area contributed by atoms with Gasteiger partial charge in [0, 0.05) is 11.6 Å². The van der Waals surface area contributed by atoms with Crippen LogP contribution in [0.15, 0.2) is 42.5 Å². The molecule has 0 aliphatic heterocycles. The maximum atomic E-state index is 13.4. The quantitative estimate of drug-likeness (QED) is 0.416. The Morgan fingerprint density at radius 2 is 1.79 bits per heavy atom. The molecule has 34 heavy (non-hydrogen) atoms. The van der Waals surface area contributed by atoms with Crippen LogP contribution in [0, 0.1) is 19.4 Å². The third-order valence-electron chi connectivity index (χ3n) is 4.69. The van der Waals surface area contributed by atoms with Gasteiger partial charge in [0.2, 0.25) is 0 Å². The number of halogens is 1. The molecule has 2 atom stereocenters. The Morgan fingerprint density at radius 3 is 2.35 bits per heavy atom. The Morgan fingerprint density at radius 1 is 1.15 bits per heavy atom. The van der Waals surface area contributed by atoms with Crippen LogP contribution in [-0.4, -0.2) is 39.6 Å². The number of hydrogen-bond donors (Lipinski definition) is 3. The van der Waals surface area contributed by atoms with Gasteiger partial charge in [-0.3, -0.25) is 14.5 Å². The molecule has 2 aromatic carbocycles. The normalized spacial score (nSPS) is 12.6. The number of phenolic OH excluding ortho intramolecular Hbond substituents is 1. The number of nitrogens with one attached hydrogen (secondary N) is 2. The van der Waals surface area contributed by atoms with Crippen LogP contribution in [0.3, 0.4) is 0 Å². The van der Waals surface area contributed by atoms with Crippen molar-refractivity contribution in [3.05, 3.63) is 58.6 Å². The average molecular weight is 486 g/mol. The van der Waals surface area contributed by atoms with E-state index in [-0.39, 0.29) is 11.3 Å². The number of anilines is 1. The molecule has 0 saturated heterocycles. The van der Waals surface area contributed by atoms with Crippen molar-refractivity contribution >= 4 is 35.2 Å². The van der Waals surface area contributed by atoms with Crippen LogP contribution in [0.5, 0.6) is 5.75 Å². The first-order valence-corrected chi connectivity index (χ1v) is 10.9. The number of amides is 3. The van der Waals surface area contributed by atoms with E-state index in [9.17, 15) is 19.5 Å². The molecule has 0 aliphatic rings. The van der Waals surface area contributed by atoms with Gasteiger partial charge >= 0.3 is 6.09 Å². The first kappa shape index (κ1) is 26.6. The number of rotatable bonds is 6. The molecule has 0 saturated carbocycles. The summed E-state index contributed by atoms with van der Waals surface area (Å²) in [6.45, 7) is 8.22. The van der Waals surface area contributed by atoms with E-state index in [0.717, 1.165) is 4.90 Å². The van der Waals surface area contributed by atoms with Crippen molar-refractivity contribution in [2.75, 3.05) is 5.32 Å². The van der Waals surface area contributed by atoms with Crippen molar-refractivity contribution in [1.82, 2.24) is 10.2 Å². The van der Waals surface area contributed by atoms with Crippen molar-refractivity contribution in [2.45, 2.75) is 52.3 Å². The van der Waals surface area contributed by atoms with E-state index < -0.39 is 35.6 Å². The Labute approximate surface area is 204 Å². The van der Waals surface area contributed by atoms with Crippen molar-refractivity contribution in [1.29, 1.82) is 0 Å². The van der Waals surface area contributed by atoms with Crippen molar-refractivity contribution in [2.24, 2.45) is 0 Å². The molecular weight excluding hydrogens is 458 g/mol. The number of aromatic hydroxyl groups is 1. The molecule has 3 N–H and O–H groups in total. The zero-order valence-electron chi connectivity index (χ0n) is 19.7. The maximum absolute atomic E-state index is 13.4. The number of carbonyl (C=O) groups excluding carboxylic acids is 3. The second-order valence-corrected chi connectivity index (χ2v) is 8.99. The van der Waals surface area contributed by atoms with Gasteiger partial charge < -0.3 is 20.5 Å². The second-order valence-electron chi connectivity index (χ2n) is 8.59. The largest absolute Gasteiger partial charge is 0.508 e. The summed E-state index contributed by atoms with van der Waals surface area (Å²) < 4.78 is 5.18. The lowest BCUT2D eigenvalue weighted by Crippen LogP contribution is -2.49. The fraction of sp³-hybridized carbons (Fsp3) is 0.320. The molecule has 9 heteroatoms. The van der Waals surface area contributed by atoms with E-state index >= 15 is 0 Å². The fourth-order valence-electron chi connectivity index (χ4n) is 3.12. The highest BCUT2D eigenvalue weighted by Crippen LogP contribution is 2.32. The van der Waals surface area contributed by atoms with Crippen LogP contribution >= 0.6 is 11.6 Å². The minimum atomic E-state index is -1.42. The van der Waals surface area contributed by atoms with Crippen LogP contribution in [0.4, 0.5) is 10.5 Å². The van der Waals surface area contributed by atoms with Gasteiger partial charge in [0.1, 0.15) is 17.4 Å². The van der Waals surface area contributed by atoms with Crippen molar-refractivity contribution in [3.63, 3.8) is 0 Å². The standard InChI is InChI=1S/C25H28ClN3O5/c1-7-29(23(32)16(3)27-24(33)34-25(4,5)6)21(17-12-8-9-14-19(17)30)22(31)28-20-15(2)11-10-13-18(20)26/h1,8-14,16,21,30H,2-6H3,(H,27,33)(H,28,31). The van der Waals surface area contributed by atoms with Gasteiger partial charge in [-0.15, -0.1) is 0 Å². The molecule has 0 heterocycles. The molecule has 180 valence electrons. The lowest BCUT2D eigenvalue weighted by molar-refractivity contribution is -0.136. The molecule has 3 amide bonds. The number of benzene rings is 2. The zero-order valence-corrected chi connectivity index (χ0v) is 20.4.